The summed E-state index contributed by atoms with van der Waals surface area (Å²) in [5, 5.41) is 6.98. The lowest BCUT2D eigenvalue weighted by atomic mass is 10.4. The number of thiocarbonyl (C=S) groups is 1. The molecular formula is C11H24N2O2S. The van der Waals surface area contributed by atoms with Crippen molar-refractivity contribution >= 4 is 17.3 Å². The van der Waals surface area contributed by atoms with Crippen LogP contribution in [0.15, 0.2) is 0 Å². The second-order valence-electron chi connectivity index (χ2n) is 3.51. The second-order valence-corrected chi connectivity index (χ2v) is 3.92. The minimum atomic E-state index is 0.242. The Balaban J connectivity index is 3.36. The van der Waals surface area contributed by atoms with E-state index in [0.717, 1.165) is 32.8 Å². The Kier molecular flexibility index (Phi) is 10.8. The quantitative estimate of drug-likeness (QED) is 0.475. The fourth-order valence-corrected chi connectivity index (χ4v) is 1.43. The molecule has 0 fully saturated rings. The van der Waals surface area contributed by atoms with Crippen LogP contribution in [0.2, 0.25) is 0 Å². The molecule has 0 amide bonds. The Hall–Kier alpha value is -0.390. The summed E-state index contributed by atoms with van der Waals surface area (Å²) in [6.07, 6.45) is 0.968. The van der Waals surface area contributed by atoms with Crippen molar-refractivity contribution in [2.24, 2.45) is 0 Å². The number of hydrogen-bond acceptors (Lipinski definition) is 3. The van der Waals surface area contributed by atoms with Crippen LogP contribution >= 0.6 is 12.2 Å². The molecule has 2 N–H and O–H groups in total. The fraction of sp³-hybridized carbons (Fsp3) is 0.909. The van der Waals surface area contributed by atoms with Crippen LogP contribution < -0.4 is 10.6 Å². The summed E-state index contributed by atoms with van der Waals surface area (Å²) in [4.78, 5) is 0. The molecule has 16 heavy (non-hydrogen) atoms. The molecular weight excluding hydrogens is 224 g/mol. The van der Waals surface area contributed by atoms with Gasteiger partial charge in [0, 0.05) is 32.4 Å². The highest BCUT2D eigenvalue weighted by Crippen LogP contribution is 1.85. The van der Waals surface area contributed by atoms with Crippen LogP contribution in [0.4, 0.5) is 0 Å². The van der Waals surface area contributed by atoms with Gasteiger partial charge >= 0.3 is 0 Å². The van der Waals surface area contributed by atoms with Crippen molar-refractivity contribution in [2.75, 3.05) is 33.0 Å². The van der Waals surface area contributed by atoms with Gasteiger partial charge in [0.2, 0.25) is 0 Å². The molecule has 5 heteroatoms. The van der Waals surface area contributed by atoms with Gasteiger partial charge in [0.25, 0.3) is 0 Å². The molecule has 0 aliphatic carbocycles. The van der Waals surface area contributed by atoms with Crippen molar-refractivity contribution in [2.45, 2.75) is 33.2 Å². The lowest BCUT2D eigenvalue weighted by molar-refractivity contribution is 0.132. The van der Waals surface area contributed by atoms with E-state index in [1.165, 1.54) is 0 Å². The van der Waals surface area contributed by atoms with Gasteiger partial charge in [-0.05, 0) is 39.4 Å². The van der Waals surface area contributed by atoms with Crippen LogP contribution in [0.1, 0.15) is 27.2 Å². The van der Waals surface area contributed by atoms with Crippen molar-refractivity contribution in [3.05, 3.63) is 0 Å². The average molecular weight is 248 g/mol. The molecule has 0 aliphatic heterocycles. The van der Waals surface area contributed by atoms with E-state index in [9.17, 15) is 0 Å². The molecule has 0 rings (SSSR count). The first-order valence-corrected chi connectivity index (χ1v) is 6.31. The Morgan fingerprint density at radius 1 is 1.25 bits per heavy atom. The zero-order valence-corrected chi connectivity index (χ0v) is 11.4. The van der Waals surface area contributed by atoms with Crippen molar-refractivity contribution < 1.29 is 9.47 Å². The maximum Gasteiger partial charge on any atom is 0.166 e. The van der Waals surface area contributed by atoms with Crippen LogP contribution in [0.3, 0.4) is 0 Å². The second kappa shape index (κ2) is 11.1. The summed E-state index contributed by atoms with van der Waals surface area (Å²) in [6, 6.07) is 0.242. The van der Waals surface area contributed by atoms with Crippen LogP contribution in [0, 0.1) is 0 Å². The van der Waals surface area contributed by atoms with E-state index >= 15 is 0 Å². The molecule has 1 unspecified atom stereocenters. The molecule has 0 radical (unpaired) electrons. The van der Waals surface area contributed by atoms with Crippen LogP contribution in [0.5, 0.6) is 0 Å². The largest absolute Gasteiger partial charge is 0.382 e. The minimum absolute atomic E-state index is 0.242. The summed E-state index contributed by atoms with van der Waals surface area (Å²) in [5.74, 6) is 0. The van der Waals surface area contributed by atoms with E-state index in [-0.39, 0.29) is 6.04 Å². The summed E-state index contributed by atoms with van der Waals surface area (Å²) >= 11 is 5.14. The van der Waals surface area contributed by atoms with E-state index in [2.05, 4.69) is 10.6 Å². The molecule has 0 spiro atoms. The molecule has 0 aliphatic rings. The number of ether oxygens (including phenoxy) is 2. The molecule has 1 atom stereocenters. The number of rotatable bonds is 9. The monoisotopic (exact) mass is 248 g/mol. The Labute approximate surface area is 104 Å². The van der Waals surface area contributed by atoms with Gasteiger partial charge in [-0.25, -0.2) is 0 Å². The van der Waals surface area contributed by atoms with Gasteiger partial charge in [-0.3, -0.25) is 0 Å². The molecule has 0 bridgehead atoms. The molecule has 0 aromatic rings. The normalized spacial score (nSPS) is 12.2. The minimum Gasteiger partial charge on any atom is -0.382 e. The van der Waals surface area contributed by atoms with E-state index in [4.69, 9.17) is 21.7 Å². The average Bonchev–Trinajstić information content (AvgIpc) is 2.26. The van der Waals surface area contributed by atoms with Gasteiger partial charge in [-0.2, -0.15) is 0 Å². The highest BCUT2D eigenvalue weighted by molar-refractivity contribution is 7.80. The molecule has 0 heterocycles. The van der Waals surface area contributed by atoms with E-state index in [1.807, 2.05) is 20.8 Å². The van der Waals surface area contributed by atoms with Crippen molar-refractivity contribution in [1.82, 2.24) is 10.6 Å². The smallest absolute Gasteiger partial charge is 0.166 e. The van der Waals surface area contributed by atoms with Gasteiger partial charge < -0.3 is 20.1 Å². The van der Waals surface area contributed by atoms with Crippen LogP contribution in [0.25, 0.3) is 0 Å². The first-order chi connectivity index (χ1) is 7.70. The third-order valence-corrected chi connectivity index (χ3v) is 2.17. The maximum absolute atomic E-state index is 5.28. The Morgan fingerprint density at radius 2 is 1.94 bits per heavy atom. The van der Waals surface area contributed by atoms with E-state index < -0.39 is 0 Å². The van der Waals surface area contributed by atoms with Gasteiger partial charge in [0.05, 0.1) is 6.61 Å². The first kappa shape index (κ1) is 15.6. The third-order valence-electron chi connectivity index (χ3n) is 1.90. The molecule has 0 saturated heterocycles. The van der Waals surface area contributed by atoms with Crippen LogP contribution in [-0.2, 0) is 9.47 Å². The molecule has 0 aromatic carbocycles. The summed E-state index contributed by atoms with van der Waals surface area (Å²) in [5.41, 5.74) is 0. The third kappa shape index (κ3) is 10.1. The van der Waals surface area contributed by atoms with E-state index in [1.54, 1.807) is 0 Å². The number of hydrogen-bond donors (Lipinski definition) is 2. The Morgan fingerprint density at radius 3 is 2.56 bits per heavy atom. The highest BCUT2D eigenvalue weighted by Gasteiger charge is 2.02. The molecule has 0 aromatic heterocycles. The zero-order valence-electron chi connectivity index (χ0n) is 10.5. The van der Waals surface area contributed by atoms with Gasteiger partial charge in [0.15, 0.2) is 5.11 Å². The van der Waals surface area contributed by atoms with Crippen molar-refractivity contribution in [1.29, 1.82) is 0 Å². The predicted octanol–water partition coefficient (Wildman–Crippen LogP) is 1.30. The highest BCUT2D eigenvalue weighted by atomic mass is 32.1. The molecule has 96 valence electrons. The SMILES string of the molecule is CCOCCCNC(=S)NC(C)COCC. The van der Waals surface area contributed by atoms with Crippen molar-refractivity contribution in [3.63, 3.8) is 0 Å². The van der Waals surface area contributed by atoms with Gasteiger partial charge in [0.1, 0.15) is 0 Å². The maximum atomic E-state index is 5.28. The Bertz CT molecular complexity index is 179. The van der Waals surface area contributed by atoms with Crippen LogP contribution in [-0.4, -0.2) is 44.1 Å². The standard InChI is InChI=1S/C11H24N2O2S/c1-4-14-8-6-7-12-11(16)13-10(3)9-15-5-2/h10H,4-9H2,1-3H3,(H2,12,13,16). The zero-order chi connectivity index (χ0) is 12.2. The van der Waals surface area contributed by atoms with Gasteiger partial charge in [-0.1, -0.05) is 0 Å². The van der Waals surface area contributed by atoms with E-state index in [0.29, 0.717) is 11.7 Å². The summed E-state index contributed by atoms with van der Waals surface area (Å²) in [6.45, 7) is 9.83. The van der Waals surface area contributed by atoms with Gasteiger partial charge in [-0.15, -0.1) is 0 Å². The summed E-state index contributed by atoms with van der Waals surface area (Å²) in [7, 11) is 0. The first-order valence-electron chi connectivity index (χ1n) is 5.90. The molecule has 4 nitrogen and oxygen atoms in total. The van der Waals surface area contributed by atoms with Crippen molar-refractivity contribution in [3.8, 4) is 0 Å². The topological polar surface area (TPSA) is 42.5 Å². The lowest BCUT2D eigenvalue weighted by Gasteiger charge is -2.16. The summed E-state index contributed by atoms with van der Waals surface area (Å²) < 4.78 is 10.5. The number of nitrogens with one attached hydrogen (secondary N) is 2. The molecule has 0 saturated carbocycles. The fourth-order valence-electron chi connectivity index (χ4n) is 1.13. The predicted molar refractivity (Wildman–Crippen MR) is 70.8 cm³/mol. The lowest BCUT2D eigenvalue weighted by Crippen LogP contribution is -2.43.